The van der Waals surface area contributed by atoms with Crippen LogP contribution in [-0.4, -0.2) is 4.98 Å². The van der Waals surface area contributed by atoms with Crippen LogP contribution in [0, 0.1) is 0 Å². The van der Waals surface area contributed by atoms with Gasteiger partial charge in [0.15, 0.2) is 0 Å². The van der Waals surface area contributed by atoms with Crippen LogP contribution in [-0.2, 0) is 6.54 Å². The van der Waals surface area contributed by atoms with Gasteiger partial charge >= 0.3 is 0 Å². The summed E-state index contributed by atoms with van der Waals surface area (Å²) in [6.07, 6.45) is 1.95. The number of thiophene rings is 1. The first-order chi connectivity index (χ1) is 6.86. The number of hydrogen-bond donors (Lipinski definition) is 2. The zero-order valence-corrected chi connectivity index (χ0v) is 8.97. The zero-order valence-electron chi connectivity index (χ0n) is 8.16. The maximum Gasteiger partial charge on any atom is 0.0389 e. The van der Waals surface area contributed by atoms with E-state index in [1.54, 1.807) is 11.3 Å². The lowest BCUT2D eigenvalue weighted by Crippen LogP contribution is -2.17. The molecular weight excluding hydrogens is 192 g/mol. The van der Waals surface area contributed by atoms with Crippen molar-refractivity contribution in [2.24, 2.45) is 0 Å². The molecule has 74 valence electrons. The third-order valence-corrected chi connectivity index (χ3v) is 3.29. The predicted molar refractivity (Wildman–Crippen MR) is 60.4 cm³/mol. The fourth-order valence-corrected chi connectivity index (χ4v) is 2.14. The average molecular weight is 206 g/mol. The van der Waals surface area contributed by atoms with E-state index in [-0.39, 0.29) is 0 Å². The van der Waals surface area contributed by atoms with Gasteiger partial charge in [-0.1, -0.05) is 6.07 Å². The summed E-state index contributed by atoms with van der Waals surface area (Å²) in [4.78, 5) is 4.56. The molecule has 0 spiro atoms. The quantitative estimate of drug-likeness (QED) is 0.791. The molecule has 14 heavy (non-hydrogen) atoms. The lowest BCUT2D eigenvalue weighted by atomic mass is 10.2. The van der Waals surface area contributed by atoms with E-state index in [4.69, 9.17) is 0 Å². The van der Waals surface area contributed by atoms with Crippen LogP contribution in [0.2, 0.25) is 0 Å². The average Bonchev–Trinajstić information content (AvgIpc) is 2.87. The van der Waals surface area contributed by atoms with Crippen molar-refractivity contribution in [1.29, 1.82) is 0 Å². The Morgan fingerprint density at radius 1 is 1.43 bits per heavy atom. The van der Waals surface area contributed by atoms with Crippen molar-refractivity contribution in [2.45, 2.75) is 19.5 Å². The first kappa shape index (κ1) is 9.49. The van der Waals surface area contributed by atoms with Crippen LogP contribution in [0.15, 0.2) is 35.8 Å². The molecular formula is C11H14N2S. The van der Waals surface area contributed by atoms with Gasteiger partial charge in [0.25, 0.3) is 0 Å². The fourth-order valence-electron chi connectivity index (χ4n) is 1.38. The van der Waals surface area contributed by atoms with Gasteiger partial charge in [-0.2, -0.15) is 0 Å². The summed E-state index contributed by atoms with van der Waals surface area (Å²) in [7, 11) is 0. The van der Waals surface area contributed by atoms with E-state index in [0.29, 0.717) is 6.04 Å². The molecule has 2 nitrogen and oxygen atoms in total. The Hall–Kier alpha value is -1.06. The topological polar surface area (TPSA) is 27.8 Å². The Labute approximate surface area is 88.0 Å². The third-order valence-electron chi connectivity index (χ3n) is 2.23. The van der Waals surface area contributed by atoms with E-state index < -0.39 is 0 Å². The molecule has 0 bridgehead atoms. The fraction of sp³-hybridized carbons (Fsp3) is 0.273. The molecule has 2 aromatic rings. The van der Waals surface area contributed by atoms with Crippen molar-refractivity contribution in [3.8, 4) is 0 Å². The minimum atomic E-state index is 0.429. The molecule has 0 fully saturated rings. The van der Waals surface area contributed by atoms with E-state index in [1.807, 2.05) is 12.3 Å². The molecule has 0 saturated heterocycles. The van der Waals surface area contributed by atoms with Crippen LogP contribution in [0.25, 0.3) is 0 Å². The number of aromatic nitrogens is 1. The third kappa shape index (κ3) is 2.25. The van der Waals surface area contributed by atoms with Gasteiger partial charge in [0.05, 0.1) is 0 Å². The number of rotatable bonds is 4. The molecule has 2 heterocycles. The minimum Gasteiger partial charge on any atom is -0.364 e. The van der Waals surface area contributed by atoms with Crippen LogP contribution >= 0.6 is 11.3 Å². The Kier molecular flexibility index (Phi) is 3.01. The highest BCUT2D eigenvalue weighted by molar-refractivity contribution is 7.10. The number of nitrogens with one attached hydrogen (secondary N) is 2. The summed E-state index contributed by atoms with van der Waals surface area (Å²) >= 11 is 1.80. The molecule has 0 amide bonds. The second kappa shape index (κ2) is 4.44. The normalized spacial score (nSPS) is 12.9. The highest BCUT2D eigenvalue weighted by Gasteiger charge is 2.04. The molecule has 2 rings (SSSR count). The minimum absolute atomic E-state index is 0.429. The summed E-state index contributed by atoms with van der Waals surface area (Å²) in [6.45, 7) is 3.08. The highest BCUT2D eigenvalue weighted by Crippen LogP contribution is 2.18. The van der Waals surface area contributed by atoms with Crippen molar-refractivity contribution in [3.05, 3.63) is 46.4 Å². The van der Waals surface area contributed by atoms with E-state index in [2.05, 4.69) is 40.8 Å². The van der Waals surface area contributed by atoms with Gasteiger partial charge in [-0.15, -0.1) is 11.3 Å². The second-order valence-corrected chi connectivity index (χ2v) is 4.29. The van der Waals surface area contributed by atoms with Crippen LogP contribution < -0.4 is 5.32 Å². The summed E-state index contributed by atoms with van der Waals surface area (Å²) in [5.74, 6) is 0. The SMILES string of the molecule is C[C@@H](NCc1ccc[nH]1)c1cccs1. The van der Waals surface area contributed by atoms with Gasteiger partial charge in [0.2, 0.25) is 0 Å². The molecule has 0 aliphatic carbocycles. The first-order valence-corrected chi connectivity index (χ1v) is 5.63. The Morgan fingerprint density at radius 2 is 2.36 bits per heavy atom. The van der Waals surface area contributed by atoms with E-state index in [9.17, 15) is 0 Å². The Bertz CT molecular complexity index is 351. The number of H-pyrrole nitrogens is 1. The van der Waals surface area contributed by atoms with Gasteiger partial charge in [0, 0.05) is 29.4 Å². The zero-order chi connectivity index (χ0) is 9.80. The van der Waals surface area contributed by atoms with Crippen LogP contribution in [0.1, 0.15) is 23.5 Å². The van der Waals surface area contributed by atoms with Gasteiger partial charge in [-0.05, 0) is 30.5 Å². The first-order valence-electron chi connectivity index (χ1n) is 4.75. The standard InChI is InChI=1S/C11H14N2S/c1-9(11-5-3-7-14-11)13-8-10-4-2-6-12-10/h2-7,9,12-13H,8H2,1H3/t9-/m1/s1. The highest BCUT2D eigenvalue weighted by atomic mass is 32.1. The molecule has 0 aliphatic heterocycles. The molecule has 0 aromatic carbocycles. The smallest absolute Gasteiger partial charge is 0.0389 e. The Morgan fingerprint density at radius 3 is 3.00 bits per heavy atom. The van der Waals surface area contributed by atoms with E-state index >= 15 is 0 Å². The lowest BCUT2D eigenvalue weighted by molar-refractivity contribution is 0.577. The van der Waals surface area contributed by atoms with Crippen molar-refractivity contribution < 1.29 is 0 Å². The summed E-state index contributed by atoms with van der Waals surface area (Å²) in [5, 5.41) is 5.58. The molecule has 3 heteroatoms. The number of hydrogen-bond acceptors (Lipinski definition) is 2. The molecule has 1 atom stereocenters. The van der Waals surface area contributed by atoms with Crippen LogP contribution in [0.3, 0.4) is 0 Å². The molecule has 0 radical (unpaired) electrons. The molecule has 2 N–H and O–H groups in total. The second-order valence-electron chi connectivity index (χ2n) is 3.31. The lowest BCUT2D eigenvalue weighted by Gasteiger charge is -2.10. The maximum atomic E-state index is 3.47. The maximum absolute atomic E-state index is 3.47. The van der Waals surface area contributed by atoms with Crippen molar-refractivity contribution in [1.82, 2.24) is 10.3 Å². The van der Waals surface area contributed by atoms with E-state index in [0.717, 1.165) is 6.54 Å². The van der Waals surface area contributed by atoms with Crippen molar-refractivity contribution >= 4 is 11.3 Å². The summed E-state index contributed by atoms with van der Waals surface area (Å²) in [5.41, 5.74) is 1.23. The summed E-state index contributed by atoms with van der Waals surface area (Å²) in [6, 6.07) is 8.79. The van der Waals surface area contributed by atoms with Crippen molar-refractivity contribution in [2.75, 3.05) is 0 Å². The van der Waals surface area contributed by atoms with Crippen molar-refractivity contribution in [3.63, 3.8) is 0 Å². The van der Waals surface area contributed by atoms with E-state index in [1.165, 1.54) is 10.6 Å². The number of aromatic amines is 1. The van der Waals surface area contributed by atoms with Gasteiger partial charge in [-0.3, -0.25) is 0 Å². The van der Waals surface area contributed by atoms with Gasteiger partial charge in [-0.25, -0.2) is 0 Å². The molecule has 0 unspecified atom stereocenters. The largest absolute Gasteiger partial charge is 0.364 e. The van der Waals surface area contributed by atoms with Crippen LogP contribution in [0.4, 0.5) is 0 Å². The van der Waals surface area contributed by atoms with Gasteiger partial charge in [0.1, 0.15) is 0 Å². The molecule has 0 saturated carbocycles. The molecule has 0 aliphatic rings. The predicted octanol–water partition coefficient (Wildman–Crippen LogP) is 2.93. The monoisotopic (exact) mass is 206 g/mol. The van der Waals surface area contributed by atoms with Crippen LogP contribution in [0.5, 0.6) is 0 Å². The Balaban J connectivity index is 1.87. The summed E-state index contributed by atoms with van der Waals surface area (Å²) < 4.78 is 0. The van der Waals surface area contributed by atoms with Gasteiger partial charge < -0.3 is 10.3 Å². The molecule has 2 aromatic heterocycles.